The zero-order valence-corrected chi connectivity index (χ0v) is 9.20. The van der Waals surface area contributed by atoms with Crippen molar-refractivity contribution in [3.05, 3.63) is 11.8 Å². The van der Waals surface area contributed by atoms with E-state index in [9.17, 15) is 4.79 Å². The normalized spacial score (nSPS) is 19.5. The Bertz CT molecular complexity index is 262. The predicted molar refractivity (Wildman–Crippen MR) is 60.5 cm³/mol. The monoisotopic (exact) mass is 233 g/mol. The van der Waals surface area contributed by atoms with Gasteiger partial charge in [-0.05, 0) is 24.8 Å². The maximum atomic E-state index is 10.1. The van der Waals surface area contributed by atoms with Crippen LogP contribution in [0.4, 0.5) is 0 Å². The summed E-state index contributed by atoms with van der Waals surface area (Å²) in [7, 11) is 0. The van der Waals surface area contributed by atoms with E-state index >= 15 is 0 Å². The molecule has 1 unspecified atom stereocenters. The summed E-state index contributed by atoms with van der Waals surface area (Å²) in [6.45, 7) is 1.11. The van der Waals surface area contributed by atoms with Crippen molar-refractivity contribution in [2.75, 3.05) is 6.54 Å². The predicted octanol–water partition coefficient (Wildman–Crippen LogP) is 0.539. The van der Waals surface area contributed by atoms with E-state index in [0.29, 0.717) is 18.9 Å². The highest BCUT2D eigenvalue weighted by molar-refractivity contribution is 5.85. The van der Waals surface area contributed by atoms with Gasteiger partial charge in [-0.15, -0.1) is 12.4 Å². The molecule has 1 aliphatic carbocycles. The largest absolute Gasteiger partial charge is 0.434 e. The molecule has 15 heavy (non-hydrogen) atoms. The fourth-order valence-electron chi connectivity index (χ4n) is 1.43. The third-order valence-electron chi connectivity index (χ3n) is 2.21. The van der Waals surface area contributed by atoms with Crippen molar-refractivity contribution in [3.8, 4) is 0 Å². The summed E-state index contributed by atoms with van der Waals surface area (Å²) < 4.78 is 4.75. The first-order valence-electron chi connectivity index (χ1n) is 4.57. The summed E-state index contributed by atoms with van der Waals surface area (Å²) in [4.78, 5) is 14.0. The minimum Gasteiger partial charge on any atom is -0.434 e. The van der Waals surface area contributed by atoms with Crippen molar-refractivity contribution in [2.45, 2.75) is 19.3 Å². The molecule has 0 amide bonds. The fourth-order valence-corrected chi connectivity index (χ4v) is 1.43. The topological polar surface area (TPSA) is 90.7 Å². The fraction of sp³-hybridized carbons (Fsp3) is 0.556. The average Bonchev–Trinajstić information content (AvgIpc) is 2.17. The lowest BCUT2D eigenvalue weighted by molar-refractivity contribution is -0.125. The van der Waals surface area contributed by atoms with E-state index in [2.05, 4.69) is 4.99 Å². The molecule has 0 aromatic heterocycles. The van der Waals surface area contributed by atoms with Gasteiger partial charge in [-0.2, -0.15) is 0 Å². The molecule has 0 aliphatic heterocycles. The van der Waals surface area contributed by atoms with E-state index in [4.69, 9.17) is 16.2 Å². The standard InChI is InChI=1S/C9H15N3O2.ClH/c10-9(11)12-5-7-1-3-8(4-2-7)14-6-13;/h3,6-7H,1-2,4-5H2,(H4,10,11,12);1H. The Morgan fingerprint density at radius 2 is 2.40 bits per heavy atom. The van der Waals surface area contributed by atoms with Gasteiger partial charge in [-0.1, -0.05) is 0 Å². The Labute approximate surface area is 95.0 Å². The van der Waals surface area contributed by atoms with Crippen LogP contribution in [0.25, 0.3) is 0 Å². The number of halogens is 1. The molecule has 0 fully saturated rings. The molecule has 0 bridgehead atoms. The number of guanidine groups is 1. The second-order valence-electron chi connectivity index (χ2n) is 3.29. The van der Waals surface area contributed by atoms with Crippen molar-refractivity contribution in [1.82, 2.24) is 0 Å². The Morgan fingerprint density at radius 1 is 1.67 bits per heavy atom. The van der Waals surface area contributed by atoms with Crippen LogP contribution in [-0.4, -0.2) is 19.0 Å². The number of allylic oxidation sites excluding steroid dienone is 2. The Hall–Kier alpha value is -1.23. The number of hydrogen-bond donors (Lipinski definition) is 2. The molecule has 1 atom stereocenters. The van der Waals surface area contributed by atoms with Crippen molar-refractivity contribution in [1.29, 1.82) is 0 Å². The number of rotatable bonds is 4. The molecule has 5 nitrogen and oxygen atoms in total. The molecule has 0 aromatic rings. The van der Waals surface area contributed by atoms with Crippen LogP contribution >= 0.6 is 12.4 Å². The summed E-state index contributed by atoms with van der Waals surface area (Å²) in [6, 6.07) is 0. The molecule has 4 N–H and O–H groups in total. The zero-order valence-electron chi connectivity index (χ0n) is 8.39. The van der Waals surface area contributed by atoms with E-state index < -0.39 is 0 Å². The number of hydrogen-bond acceptors (Lipinski definition) is 3. The first-order valence-corrected chi connectivity index (χ1v) is 4.57. The molecule has 0 saturated carbocycles. The number of carbonyl (C=O) groups excluding carboxylic acids is 1. The molecule has 86 valence electrons. The van der Waals surface area contributed by atoms with Gasteiger partial charge < -0.3 is 16.2 Å². The number of ether oxygens (including phenoxy) is 1. The molecular weight excluding hydrogens is 218 g/mol. The van der Waals surface area contributed by atoms with E-state index in [-0.39, 0.29) is 18.4 Å². The highest BCUT2D eigenvalue weighted by Gasteiger charge is 2.14. The number of nitrogens with two attached hydrogens (primary N) is 2. The van der Waals surface area contributed by atoms with Crippen LogP contribution in [0.1, 0.15) is 19.3 Å². The summed E-state index contributed by atoms with van der Waals surface area (Å²) in [5.74, 6) is 1.33. The maximum Gasteiger partial charge on any atom is 0.298 e. The Kier molecular flexibility index (Phi) is 6.53. The summed E-state index contributed by atoms with van der Waals surface area (Å²) in [6.07, 6.45) is 4.52. The first-order chi connectivity index (χ1) is 6.72. The van der Waals surface area contributed by atoms with Gasteiger partial charge >= 0.3 is 0 Å². The SMILES string of the molecule is Cl.NC(N)=NCC1CC=C(OC=O)CC1. The molecule has 0 radical (unpaired) electrons. The lowest BCUT2D eigenvalue weighted by atomic mass is 9.93. The molecule has 0 spiro atoms. The van der Waals surface area contributed by atoms with Crippen molar-refractivity contribution < 1.29 is 9.53 Å². The van der Waals surface area contributed by atoms with Gasteiger partial charge in [0, 0.05) is 13.0 Å². The minimum atomic E-state index is 0. The number of aliphatic imine (C=N–C) groups is 1. The summed E-state index contributed by atoms with van der Waals surface area (Å²) in [5.41, 5.74) is 10.5. The van der Waals surface area contributed by atoms with Crippen molar-refractivity contribution >= 4 is 24.8 Å². The highest BCUT2D eigenvalue weighted by atomic mass is 35.5. The van der Waals surface area contributed by atoms with E-state index in [0.717, 1.165) is 25.0 Å². The number of nitrogens with zero attached hydrogens (tertiary/aromatic N) is 1. The van der Waals surface area contributed by atoms with Gasteiger partial charge in [-0.3, -0.25) is 9.79 Å². The lowest BCUT2D eigenvalue weighted by Gasteiger charge is -2.18. The molecule has 0 aromatic carbocycles. The Morgan fingerprint density at radius 3 is 2.87 bits per heavy atom. The Balaban J connectivity index is 0.00000196. The maximum absolute atomic E-state index is 10.1. The molecule has 0 heterocycles. The van der Waals surface area contributed by atoms with Crippen LogP contribution in [0.2, 0.25) is 0 Å². The summed E-state index contributed by atoms with van der Waals surface area (Å²) in [5, 5.41) is 0. The zero-order chi connectivity index (χ0) is 10.4. The molecule has 1 rings (SSSR count). The third-order valence-corrected chi connectivity index (χ3v) is 2.21. The van der Waals surface area contributed by atoms with Crippen LogP contribution < -0.4 is 11.5 Å². The van der Waals surface area contributed by atoms with Crippen LogP contribution in [0.15, 0.2) is 16.8 Å². The van der Waals surface area contributed by atoms with E-state index in [1.54, 1.807) is 0 Å². The van der Waals surface area contributed by atoms with Gasteiger partial charge in [0.15, 0.2) is 5.96 Å². The van der Waals surface area contributed by atoms with Gasteiger partial charge in [0.05, 0.1) is 0 Å². The van der Waals surface area contributed by atoms with Crippen LogP contribution in [0.3, 0.4) is 0 Å². The third kappa shape index (κ3) is 5.27. The molecular formula is C9H16ClN3O2. The van der Waals surface area contributed by atoms with E-state index in [1.807, 2.05) is 6.08 Å². The highest BCUT2D eigenvalue weighted by Crippen LogP contribution is 2.23. The second-order valence-corrected chi connectivity index (χ2v) is 3.29. The second kappa shape index (κ2) is 7.11. The molecule has 0 saturated heterocycles. The van der Waals surface area contributed by atoms with Gasteiger partial charge in [0.25, 0.3) is 6.47 Å². The molecule has 6 heteroatoms. The van der Waals surface area contributed by atoms with Crippen LogP contribution in [-0.2, 0) is 9.53 Å². The van der Waals surface area contributed by atoms with Crippen LogP contribution in [0, 0.1) is 5.92 Å². The smallest absolute Gasteiger partial charge is 0.298 e. The molecule has 1 aliphatic rings. The first kappa shape index (κ1) is 13.8. The van der Waals surface area contributed by atoms with Crippen molar-refractivity contribution in [2.24, 2.45) is 22.4 Å². The van der Waals surface area contributed by atoms with Crippen molar-refractivity contribution in [3.63, 3.8) is 0 Å². The minimum absolute atomic E-state index is 0. The van der Waals surface area contributed by atoms with Gasteiger partial charge in [0.1, 0.15) is 5.76 Å². The van der Waals surface area contributed by atoms with Gasteiger partial charge in [0.2, 0.25) is 0 Å². The summed E-state index contributed by atoms with van der Waals surface area (Å²) >= 11 is 0. The van der Waals surface area contributed by atoms with E-state index in [1.165, 1.54) is 0 Å². The average molecular weight is 234 g/mol. The van der Waals surface area contributed by atoms with Crippen LogP contribution in [0.5, 0.6) is 0 Å². The van der Waals surface area contributed by atoms with Gasteiger partial charge in [-0.25, -0.2) is 0 Å². The quantitative estimate of drug-likeness (QED) is 0.421. The lowest BCUT2D eigenvalue weighted by Crippen LogP contribution is -2.24. The number of carbonyl (C=O) groups is 1.